The van der Waals surface area contributed by atoms with Crippen LogP contribution in [0, 0.1) is 5.82 Å². The molecular weight excluding hydrogens is 231 g/mol. The van der Waals surface area contributed by atoms with Gasteiger partial charge in [-0.25, -0.2) is 9.37 Å². The Morgan fingerprint density at radius 3 is 2.89 bits per heavy atom. The molecule has 0 saturated carbocycles. The summed E-state index contributed by atoms with van der Waals surface area (Å²) in [6.45, 7) is 0. The molecular formula is C13H11FN4. The van der Waals surface area contributed by atoms with E-state index in [0.717, 1.165) is 5.56 Å². The lowest BCUT2D eigenvalue weighted by atomic mass is 10.1. The zero-order chi connectivity index (χ0) is 12.5. The SMILES string of the molecule is Nc1nc2nccn2cc1Cc1ccccc1F. The number of nitrogens with two attached hydrogens (primary N) is 1. The molecule has 90 valence electrons. The lowest BCUT2D eigenvalue weighted by Crippen LogP contribution is -2.03. The maximum atomic E-state index is 13.6. The molecule has 3 rings (SSSR count). The molecule has 1 aromatic carbocycles. The van der Waals surface area contributed by atoms with Gasteiger partial charge in [0.1, 0.15) is 11.6 Å². The molecule has 2 heterocycles. The highest BCUT2D eigenvalue weighted by Crippen LogP contribution is 2.17. The average molecular weight is 242 g/mol. The molecule has 0 saturated heterocycles. The van der Waals surface area contributed by atoms with E-state index in [9.17, 15) is 4.39 Å². The molecule has 0 amide bonds. The predicted octanol–water partition coefficient (Wildman–Crippen LogP) is 2.04. The number of fused-ring (bicyclic) bond motifs is 1. The van der Waals surface area contributed by atoms with Crippen molar-refractivity contribution in [1.82, 2.24) is 14.4 Å². The molecule has 0 fully saturated rings. The largest absolute Gasteiger partial charge is 0.383 e. The molecule has 0 aliphatic rings. The first-order valence-electron chi connectivity index (χ1n) is 5.55. The number of nitrogen functional groups attached to an aromatic ring is 1. The molecule has 4 nitrogen and oxygen atoms in total. The van der Waals surface area contributed by atoms with Crippen molar-refractivity contribution in [1.29, 1.82) is 0 Å². The van der Waals surface area contributed by atoms with Crippen LogP contribution in [0.15, 0.2) is 42.9 Å². The minimum absolute atomic E-state index is 0.234. The first kappa shape index (κ1) is 10.7. The van der Waals surface area contributed by atoms with Gasteiger partial charge in [-0.2, -0.15) is 4.98 Å². The Hall–Kier alpha value is -2.43. The maximum absolute atomic E-state index is 13.6. The zero-order valence-electron chi connectivity index (χ0n) is 9.55. The fourth-order valence-corrected chi connectivity index (χ4v) is 1.89. The molecule has 18 heavy (non-hydrogen) atoms. The summed E-state index contributed by atoms with van der Waals surface area (Å²) in [5.41, 5.74) is 7.24. The second-order valence-corrected chi connectivity index (χ2v) is 4.05. The minimum Gasteiger partial charge on any atom is -0.383 e. The van der Waals surface area contributed by atoms with Crippen LogP contribution in [0.4, 0.5) is 10.2 Å². The number of imidazole rings is 1. The smallest absolute Gasteiger partial charge is 0.235 e. The number of hydrogen-bond donors (Lipinski definition) is 1. The van der Waals surface area contributed by atoms with Crippen LogP contribution >= 0.6 is 0 Å². The van der Waals surface area contributed by atoms with E-state index in [1.165, 1.54) is 6.07 Å². The molecule has 0 atom stereocenters. The summed E-state index contributed by atoms with van der Waals surface area (Å²) < 4.78 is 15.4. The van der Waals surface area contributed by atoms with Gasteiger partial charge in [-0.3, -0.25) is 4.40 Å². The van der Waals surface area contributed by atoms with Gasteiger partial charge in [0, 0.05) is 30.6 Å². The van der Waals surface area contributed by atoms with Crippen LogP contribution < -0.4 is 5.73 Å². The monoisotopic (exact) mass is 242 g/mol. The average Bonchev–Trinajstić information content (AvgIpc) is 2.79. The number of halogens is 1. The van der Waals surface area contributed by atoms with Gasteiger partial charge in [-0.05, 0) is 11.6 Å². The number of anilines is 1. The summed E-state index contributed by atoms with van der Waals surface area (Å²) >= 11 is 0. The van der Waals surface area contributed by atoms with E-state index < -0.39 is 0 Å². The summed E-state index contributed by atoms with van der Waals surface area (Å²) in [7, 11) is 0. The van der Waals surface area contributed by atoms with Gasteiger partial charge in [0.25, 0.3) is 0 Å². The van der Waals surface area contributed by atoms with Gasteiger partial charge in [0.15, 0.2) is 0 Å². The van der Waals surface area contributed by atoms with Crippen LogP contribution in [0.3, 0.4) is 0 Å². The van der Waals surface area contributed by atoms with E-state index >= 15 is 0 Å². The summed E-state index contributed by atoms with van der Waals surface area (Å²) in [5, 5.41) is 0. The molecule has 0 spiro atoms. The van der Waals surface area contributed by atoms with E-state index in [1.807, 2.05) is 6.20 Å². The Kier molecular flexibility index (Phi) is 2.44. The number of rotatable bonds is 2. The van der Waals surface area contributed by atoms with Crippen molar-refractivity contribution >= 4 is 11.6 Å². The van der Waals surface area contributed by atoms with Crippen molar-refractivity contribution in [2.45, 2.75) is 6.42 Å². The van der Waals surface area contributed by atoms with Crippen LogP contribution in [-0.4, -0.2) is 14.4 Å². The fraction of sp³-hybridized carbons (Fsp3) is 0.0769. The summed E-state index contributed by atoms with van der Waals surface area (Å²) in [4.78, 5) is 8.21. The second kappa shape index (κ2) is 4.10. The van der Waals surface area contributed by atoms with Gasteiger partial charge in [0.2, 0.25) is 5.78 Å². The highest BCUT2D eigenvalue weighted by atomic mass is 19.1. The van der Waals surface area contributed by atoms with Crippen LogP contribution in [0.2, 0.25) is 0 Å². The van der Waals surface area contributed by atoms with E-state index in [-0.39, 0.29) is 5.82 Å². The van der Waals surface area contributed by atoms with Crippen LogP contribution in [0.25, 0.3) is 5.78 Å². The predicted molar refractivity (Wildman–Crippen MR) is 66.6 cm³/mol. The Morgan fingerprint density at radius 1 is 1.22 bits per heavy atom. The van der Waals surface area contributed by atoms with Crippen molar-refractivity contribution < 1.29 is 4.39 Å². The number of aromatic nitrogens is 3. The minimum atomic E-state index is -0.234. The topological polar surface area (TPSA) is 56.2 Å². The van der Waals surface area contributed by atoms with Crippen LogP contribution in [-0.2, 0) is 6.42 Å². The number of hydrogen-bond acceptors (Lipinski definition) is 3. The highest BCUT2D eigenvalue weighted by molar-refractivity contribution is 5.47. The highest BCUT2D eigenvalue weighted by Gasteiger charge is 2.08. The quantitative estimate of drug-likeness (QED) is 0.748. The summed E-state index contributed by atoms with van der Waals surface area (Å²) in [5.74, 6) is 0.698. The molecule has 3 aromatic rings. The van der Waals surface area contributed by atoms with Gasteiger partial charge in [-0.15, -0.1) is 0 Å². The van der Waals surface area contributed by atoms with E-state index in [2.05, 4.69) is 9.97 Å². The number of benzene rings is 1. The molecule has 2 N–H and O–H groups in total. The van der Waals surface area contributed by atoms with Crippen molar-refractivity contribution in [3.63, 3.8) is 0 Å². The second-order valence-electron chi connectivity index (χ2n) is 4.05. The lowest BCUT2D eigenvalue weighted by Gasteiger charge is -2.06. The van der Waals surface area contributed by atoms with Gasteiger partial charge in [-0.1, -0.05) is 18.2 Å². The first-order chi connectivity index (χ1) is 8.74. The third-order valence-electron chi connectivity index (χ3n) is 2.83. The third-order valence-corrected chi connectivity index (χ3v) is 2.83. The van der Waals surface area contributed by atoms with Gasteiger partial charge >= 0.3 is 0 Å². The van der Waals surface area contributed by atoms with Gasteiger partial charge < -0.3 is 5.73 Å². The molecule has 0 aliphatic heterocycles. The Bertz CT molecular complexity index is 705. The first-order valence-corrected chi connectivity index (χ1v) is 5.55. The van der Waals surface area contributed by atoms with Crippen molar-refractivity contribution in [3.8, 4) is 0 Å². The Balaban J connectivity index is 2.04. The Labute approximate surface area is 103 Å². The maximum Gasteiger partial charge on any atom is 0.235 e. The zero-order valence-corrected chi connectivity index (χ0v) is 9.55. The third kappa shape index (κ3) is 1.79. The summed E-state index contributed by atoms with van der Waals surface area (Å²) in [6, 6.07) is 6.65. The van der Waals surface area contributed by atoms with E-state index in [4.69, 9.17) is 5.73 Å². The van der Waals surface area contributed by atoms with Gasteiger partial charge in [0.05, 0.1) is 0 Å². The molecule has 0 aliphatic carbocycles. The van der Waals surface area contributed by atoms with E-state index in [0.29, 0.717) is 23.6 Å². The molecule has 2 aromatic heterocycles. The molecule has 0 unspecified atom stereocenters. The molecule has 0 radical (unpaired) electrons. The van der Waals surface area contributed by atoms with Crippen LogP contribution in [0.1, 0.15) is 11.1 Å². The van der Waals surface area contributed by atoms with Crippen molar-refractivity contribution in [2.75, 3.05) is 5.73 Å². The van der Waals surface area contributed by atoms with E-state index in [1.54, 1.807) is 35.0 Å². The lowest BCUT2D eigenvalue weighted by molar-refractivity contribution is 0.614. The molecule has 5 heteroatoms. The summed E-state index contributed by atoms with van der Waals surface area (Å²) in [6.07, 6.45) is 5.68. The Morgan fingerprint density at radius 2 is 2.06 bits per heavy atom. The fourth-order valence-electron chi connectivity index (χ4n) is 1.89. The normalized spacial score (nSPS) is 10.9. The van der Waals surface area contributed by atoms with Crippen LogP contribution in [0.5, 0.6) is 0 Å². The standard InChI is InChI=1S/C13H11FN4/c14-11-4-2-1-3-9(11)7-10-8-18-6-5-16-13(18)17-12(10)15/h1-6,8H,7H2,(H2,15,16,17). The van der Waals surface area contributed by atoms with Crippen molar-refractivity contribution in [2.24, 2.45) is 0 Å². The number of nitrogens with zero attached hydrogens (tertiary/aromatic N) is 3. The molecule has 0 bridgehead atoms. The van der Waals surface area contributed by atoms with Crippen molar-refractivity contribution in [3.05, 3.63) is 59.8 Å².